The molecule has 6 aromatic rings. The molecule has 0 bridgehead atoms. The van der Waals surface area contributed by atoms with Crippen LogP contribution in [0.25, 0.3) is 43.1 Å². The Kier molecular flexibility index (Phi) is 6.37. The first kappa shape index (κ1) is 27.1. The number of hydrogen-bond donors (Lipinski definition) is 1. The lowest BCUT2D eigenvalue weighted by Gasteiger charge is -2.33. The lowest BCUT2D eigenvalue weighted by molar-refractivity contribution is 0.0893. The summed E-state index contributed by atoms with van der Waals surface area (Å²) in [5.74, 6) is -0.355. The zero-order chi connectivity index (χ0) is 29.4. The van der Waals surface area contributed by atoms with Crippen molar-refractivity contribution in [3.8, 4) is 0 Å². The molecule has 5 heteroatoms. The van der Waals surface area contributed by atoms with Gasteiger partial charge in [-0.05, 0) is 97.3 Å². The van der Waals surface area contributed by atoms with E-state index in [1.54, 1.807) is 0 Å². The molecule has 2 amide bonds. The van der Waals surface area contributed by atoms with Gasteiger partial charge in [0.1, 0.15) is 0 Å². The second-order valence-corrected chi connectivity index (χ2v) is 13.0. The molecule has 1 N–H and O–H groups in total. The quantitative estimate of drug-likeness (QED) is 0.115. The molecule has 42 heavy (non-hydrogen) atoms. The monoisotopic (exact) mass is 617 g/mol. The second kappa shape index (κ2) is 9.89. The van der Waals surface area contributed by atoms with Crippen molar-refractivity contribution in [3.63, 3.8) is 0 Å². The highest BCUT2D eigenvalue weighted by molar-refractivity contribution is 9.10. The molecule has 0 radical (unpaired) electrons. The SMILES string of the molecule is CC(C)c1cc(CCCO)cc(C(C)C)c1N1C(=O)c2ccc3c4cccc5c(Br)ccc(c6ccc(c2c36)C1=O)c54. The Labute approximate surface area is 253 Å². The zero-order valence-electron chi connectivity index (χ0n) is 24.2. The van der Waals surface area contributed by atoms with Crippen LogP contribution in [0.15, 0.2) is 71.2 Å². The molecule has 1 aliphatic heterocycles. The summed E-state index contributed by atoms with van der Waals surface area (Å²) in [4.78, 5) is 30.4. The van der Waals surface area contributed by atoms with Crippen molar-refractivity contribution in [1.29, 1.82) is 0 Å². The number of rotatable bonds is 6. The van der Waals surface area contributed by atoms with Gasteiger partial charge in [0, 0.05) is 27.6 Å². The Balaban J connectivity index is 1.52. The average Bonchev–Trinajstić information content (AvgIpc) is 2.98. The molecule has 0 saturated heterocycles. The lowest BCUT2D eigenvalue weighted by atomic mass is 9.83. The number of fused-ring (bicyclic) bond motifs is 2. The fourth-order valence-electron chi connectivity index (χ4n) is 6.97. The number of hydrogen-bond acceptors (Lipinski definition) is 3. The van der Waals surface area contributed by atoms with E-state index in [4.69, 9.17) is 0 Å². The van der Waals surface area contributed by atoms with Crippen LogP contribution in [0.1, 0.15) is 83.4 Å². The van der Waals surface area contributed by atoms with Crippen molar-refractivity contribution in [2.24, 2.45) is 0 Å². The van der Waals surface area contributed by atoms with Crippen molar-refractivity contribution in [2.45, 2.75) is 52.4 Å². The predicted octanol–water partition coefficient (Wildman–Crippen LogP) is 9.47. The molecule has 0 aliphatic carbocycles. The van der Waals surface area contributed by atoms with Crippen LogP contribution in [0.4, 0.5) is 5.69 Å². The molecule has 4 nitrogen and oxygen atoms in total. The highest BCUT2D eigenvalue weighted by Gasteiger charge is 2.38. The van der Waals surface area contributed by atoms with Crippen LogP contribution in [-0.4, -0.2) is 23.5 Å². The predicted molar refractivity (Wildman–Crippen MR) is 177 cm³/mol. The third-order valence-electron chi connectivity index (χ3n) is 8.92. The van der Waals surface area contributed by atoms with Crippen molar-refractivity contribution in [3.05, 3.63) is 99.0 Å². The summed E-state index contributed by atoms with van der Waals surface area (Å²) in [6.07, 6.45) is 1.42. The molecular weight excluding hydrogens is 586 g/mol. The van der Waals surface area contributed by atoms with Gasteiger partial charge >= 0.3 is 0 Å². The molecule has 0 aromatic heterocycles. The van der Waals surface area contributed by atoms with Crippen LogP contribution in [0.3, 0.4) is 0 Å². The highest BCUT2D eigenvalue weighted by atomic mass is 79.9. The van der Waals surface area contributed by atoms with Crippen LogP contribution < -0.4 is 4.90 Å². The topological polar surface area (TPSA) is 57.6 Å². The normalized spacial score (nSPS) is 13.8. The largest absolute Gasteiger partial charge is 0.396 e. The Bertz CT molecular complexity index is 1990. The number of imide groups is 1. The van der Waals surface area contributed by atoms with Crippen LogP contribution >= 0.6 is 15.9 Å². The molecule has 0 saturated carbocycles. The van der Waals surface area contributed by atoms with Gasteiger partial charge in [0.25, 0.3) is 11.8 Å². The second-order valence-electron chi connectivity index (χ2n) is 12.1. The van der Waals surface area contributed by atoms with Crippen molar-refractivity contribution in [1.82, 2.24) is 0 Å². The summed E-state index contributed by atoms with van der Waals surface area (Å²) in [5, 5.41) is 17.8. The van der Waals surface area contributed by atoms with Gasteiger partial charge in [0.15, 0.2) is 0 Å². The van der Waals surface area contributed by atoms with E-state index < -0.39 is 0 Å². The number of benzene rings is 6. The first-order valence-corrected chi connectivity index (χ1v) is 15.5. The molecule has 0 spiro atoms. The fraction of sp³-hybridized carbons (Fsp3) is 0.243. The molecule has 0 unspecified atom stereocenters. The average molecular weight is 619 g/mol. The van der Waals surface area contributed by atoms with Gasteiger partial charge in [0.05, 0.1) is 5.69 Å². The van der Waals surface area contributed by atoms with E-state index in [2.05, 4.69) is 98.2 Å². The van der Waals surface area contributed by atoms with Gasteiger partial charge in [0.2, 0.25) is 0 Å². The van der Waals surface area contributed by atoms with E-state index in [0.717, 1.165) is 65.3 Å². The highest BCUT2D eigenvalue weighted by Crippen LogP contribution is 2.47. The first-order valence-electron chi connectivity index (χ1n) is 14.7. The fourth-order valence-corrected chi connectivity index (χ4v) is 7.43. The molecule has 0 fully saturated rings. The molecular formula is C37H32BrNO3. The van der Waals surface area contributed by atoms with Crippen LogP contribution in [0.5, 0.6) is 0 Å². The van der Waals surface area contributed by atoms with E-state index in [1.165, 1.54) is 10.3 Å². The summed E-state index contributed by atoms with van der Waals surface area (Å²) < 4.78 is 1.04. The number of nitrogens with zero attached hydrogens (tertiary/aromatic N) is 1. The summed E-state index contributed by atoms with van der Waals surface area (Å²) in [5.41, 5.74) is 4.92. The molecule has 6 aromatic carbocycles. The van der Waals surface area contributed by atoms with Gasteiger partial charge in [-0.2, -0.15) is 0 Å². The van der Waals surface area contributed by atoms with Crippen molar-refractivity contribution < 1.29 is 14.7 Å². The molecule has 0 atom stereocenters. The Morgan fingerprint density at radius 2 is 1.21 bits per heavy atom. The number of carbonyl (C=O) groups excluding carboxylic acids is 2. The van der Waals surface area contributed by atoms with Crippen LogP contribution in [-0.2, 0) is 6.42 Å². The number of amides is 2. The molecule has 7 rings (SSSR count). The third kappa shape index (κ3) is 3.76. The molecule has 1 heterocycles. The maximum Gasteiger partial charge on any atom is 0.266 e. The van der Waals surface area contributed by atoms with Gasteiger partial charge in [-0.15, -0.1) is 0 Å². The first-order chi connectivity index (χ1) is 20.2. The summed E-state index contributed by atoms with van der Waals surface area (Å²) >= 11 is 3.73. The van der Waals surface area contributed by atoms with Crippen molar-refractivity contribution >= 4 is 76.5 Å². The maximum atomic E-state index is 14.5. The third-order valence-corrected chi connectivity index (χ3v) is 9.61. The standard InChI is InChI=1S/C37H32BrNO3/c1-19(2)29-17-21(7-6-16-40)18-30(20(3)4)35(29)39-36(41)27-12-10-24-22-8-5-9-26-31(38)15-14-23(32(22)26)25-11-13-28(37(39)42)34(27)33(24)25/h5,8-15,17-20,40H,6-7,16H2,1-4H3. The number of aliphatic hydroxyl groups is 1. The Morgan fingerprint density at radius 1 is 0.690 bits per heavy atom. The van der Waals surface area contributed by atoms with E-state index in [0.29, 0.717) is 23.2 Å². The molecule has 1 aliphatic rings. The van der Waals surface area contributed by atoms with Crippen LogP contribution in [0.2, 0.25) is 0 Å². The number of aryl methyl sites for hydroxylation is 1. The zero-order valence-corrected chi connectivity index (χ0v) is 25.8. The number of halogens is 1. The van der Waals surface area contributed by atoms with E-state index in [-0.39, 0.29) is 30.3 Å². The van der Waals surface area contributed by atoms with Crippen LogP contribution in [0, 0.1) is 0 Å². The summed E-state index contributed by atoms with van der Waals surface area (Å²) in [6.45, 7) is 8.54. The number of carbonyl (C=O) groups is 2. The van der Waals surface area contributed by atoms with Gasteiger partial charge in [-0.25, -0.2) is 4.90 Å². The summed E-state index contributed by atoms with van der Waals surface area (Å²) in [6, 6.07) is 22.7. The lowest BCUT2D eigenvalue weighted by Crippen LogP contribution is -2.42. The van der Waals surface area contributed by atoms with Crippen molar-refractivity contribution in [2.75, 3.05) is 11.5 Å². The number of anilines is 1. The van der Waals surface area contributed by atoms with E-state index in [1.807, 2.05) is 12.1 Å². The minimum Gasteiger partial charge on any atom is -0.396 e. The van der Waals surface area contributed by atoms with E-state index >= 15 is 0 Å². The van der Waals surface area contributed by atoms with E-state index in [9.17, 15) is 14.7 Å². The number of aliphatic hydroxyl groups excluding tert-OH is 1. The minimum absolute atomic E-state index is 0.0975. The maximum absolute atomic E-state index is 14.5. The van der Waals surface area contributed by atoms with Gasteiger partial charge in [-0.1, -0.05) is 92.2 Å². The summed E-state index contributed by atoms with van der Waals surface area (Å²) in [7, 11) is 0. The Morgan fingerprint density at radius 3 is 1.79 bits per heavy atom. The Hall–Kier alpha value is -3.80. The van der Waals surface area contributed by atoms with Gasteiger partial charge in [-0.3, -0.25) is 9.59 Å². The van der Waals surface area contributed by atoms with Gasteiger partial charge < -0.3 is 5.11 Å². The minimum atomic E-state index is -0.275. The molecule has 210 valence electrons. The smallest absolute Gasteiger partial charge is 0.266 e.